The van der Waals surface area contributed by atoms with Gasteiger partial charge >= 0.3 is 0 Å². The Balaban J connectivity index is 1.51. The lowest BCUT2D eigenvalue weighted by molar-refractivity contribution is -0.0269. The molecule has 0 spiro atoms. The van der Waals surface area contributed by atoms with Crippen molar-refractivity contribution in [1.82, 2.24) is 26.6 Å². The van der Waals surface area contributed by atoms with Crippen LogP contribution in [-0.4, -0.2) is 63.1 Å². The van der Waals surface area contributed by atoms with Crippen LogP contribution >= 0.6 is 0 Å². The van der Waals surface area contributed by atoms with Gasteiger partial charge in [0.2, 0.25) is 0 Å². The number of halogens is 1. The third-order valence-electron chi connectivity index (χ3n) is 7.57. The molecular weight excluding hydrogens is 369 g/mol. The number of alkyl halides is 1. The molecule has 3 fully saturated rings. The first kappa shape index (κ1) is 21.7. The third-order valence-corrected chi connectivity index (χ3v) is 7.57. The standard InChI is InChI=1S/C22H40FN5O/c1-12-11-29-21-16(12)10-17(27-22-26-14(3)9-18(24-4)28-22)20(23)19(21)15-6-5-13(2)25-8-7-15/h7,12-14,16-22,24-28H,5-6,8-11H2,1-4H3/t12?,13-,14?,16?,17?,18?,19?,20?,21?,22?/m0/s1. The van der Waals surface area contributed by atoms with E-state index in [1.54, 1.807) is 0 Å². The summed E-state index contributed by atoms with van der Waals surface area (Å²) in [4.78, 5) is 0. The third kappa shape index (κ3) is 4.70. The van der Waals surface area contributed by atoms with Gasteiger partial charge in [-0.2, -0.15) is 0 Å². The maximum atomic E-state index is 16.0. The van der Waals surface area contributed by atoms with Crippen LogP contribution in [-0.2, 0) is 4.74 Å². The molecule has 3 heterocycles. The van der Waals surface area contributed by atoms with Crippen molar-refractivity contribution >= 4 is 0 Å². The fourth-order valence-corrected chi connectivity index (χ4v) is 5.82. The van der Waals surface area contributed by atoms with Crippen LogP contribution in [0.5, 0.6) is 0 Å². The summed E-state index contributed by atoms with van der Waals surface area (Å²) in [5, 5.41) is 17.5. The molecule has 29 heavy (non-hydrogen) atoms. The Kier molecular flexibility index (Phi) is 6.93. The molecule has 10 atom stereocenters. The predicted octanol–water partition coefficient (Wildman–Crippen LogP) is 1.45. The number of rotatable bonds is 4. The van der Waals surface area contributed by atoms with Gasteiger partial charge < -0.3 is 15.4 Å². The van der Waals surface area contributed by atoms with Gasteiger partial charge in [0.1, 0.15) is 12.5 Å². The van der Waals surface area contributed by atoms with Gasteiger partial charge in [-0.3, -0.25) is 16.0 Å². The molecule has 3 aliphatic heterocycles. The average molecular weight is 410 g/mol. The van der Waals surface area contributed by atoms with Crippen LogP contribution in [0.4, 0.5) is 4.39 Å². The molecule has 0 aromatic heterocycles. The minimum absolute atomic E-state index is 0.0222. The zero-order chi connectivity index (χ0) is 20.5. The van der Waals surface area contributed by atoms with E-state index in [-0.39, 0.29) is 30.5 Å². The predicted molar refractivity (Wildman–Crippen MR) is 114 cm³/mol. The highest BCUT2D eigenvalue weighted by Gasteiger charge is 2.52. The molecule has 4 rings (SSSR count). The highest BCUT2D eigenvalue weighted by Crippen LogP contribution is 2.46. The summed E-state index contributed by atoms with van der Waals surface area (Å²) < 4.78 is 22.2. The Hall–Kier alpha value is -0.570. The molecule has 4 aliphatic rings. The lowest BCUT2D eigenvalue weighted by Gasteiger charge is -2.45. The zero-order valence-corrected chi connectivity index (χ0v) is 18.4. The van der Waals surface area contributed by atoms with E-state index in [2.05, 4.69) is 53.4 Å². The topological polar surface area (TPSA) is 69.4 Å². The number of hydrogen-bond donors (Lipinski definition) is 5. The van der Waals surface area contributed by atoms with Crippen molar-refractivity contribution < 1.29 is 9.13 Å². The van der Waals surface area contributed by atoms with Gasteiger partial charge in [-0.1, -0.05) is 18.6 Å². The SMILES string of the molecule is CNC1CC(C)NC(NC2CC3C(C)COC3C(C3=CCN[C@@H](C)CC3)C2F)N1. The number of hydrogen-bond acceptors (Lipinski definition) is 6. The first-order chi connectivity index (χ1) is 14.0. The molecule has 0 aromatic rings. The number of fused-ring (bicyclic) bond motifs is 1. The van der Waals surface area contributed by atoms with Crippen molar-refractivity contribution in [3.63, 3.8) is 0 Å². The van der Waals surface area contributed by atoms with E-state index in [4.69, 9.17) is 4.74 Å². The van der Waals surface area contributed by atoms with Gasteiger partial charge in [0, 0.05) is 37.2 Å². The zero-order valence-electron chi connectivity index (χ0n) is 18.4. The van der Waals surface area contributed by atoms with Gasteiger partial charge in [0.15, 0.2) is 0 Å². The largest absolute Gasteiger partial charge is 0.377 e. The fourth-order valence-electron chi connectivity index (χ4n) is 5.82. The quantitative estimate of drug-likeness (QED) is 0.453. The van der Waals surface area contributed by atoms with Crippen molar-refractivity contribution in [1.29, 1.82) is 0 Å². The Morgan fingerprint density at radius 1 is 1.14 bits per heavy atom. The van der Waals surface area contributed by atoms with Gasteiger partial charge in [0.25, 0.3) is 0 Å². The number of nitrogens with one attached hydrogen (secondary N) is 5. The molecule has 6 nitrogen and oxygen atoms in total. The summed E-state index contributed by atoms with van der Waals surface area (Å²) in [7, 11) is 1.97. The minimum Gasteiger partial charge on any atom is -0.377 e. The van der Waals surface area contributed by atoms with E-state index in [9.17, 15) is 0 Å². The second-order valence-corrected chi connectivity index (χ2v) is 9.79. The summed E-state index contributed by atoms with van der Waals surface area (Å²) in [6.45, 7) is 8.25. The maximum Gasteiger partial charge on any atom is 0.124 e. The molecule has 0 radical (unpaired) electrons. The summed E-state index contributed by atoms with van der Waals surface area (Å²) in [5.41, 5.74) is 1.26. The Morgan fingerprint density at radius 2 is 1.97 bits per heavy atom. The van der Waals surface area contributed by atoms with Crippen molar-refractivity contribution in [2.45, 2.75) is 89.3 Å². The van der Waals surface area contributed by atoms with E-state index in [0.29, 0.717) is 23.9 Å². The molecule has 0 aromatic carbocycles. The van der Waals surface area contributed by atoms with Crippen LogP contribution < -0.4 is 26.6 Å². The maximum absolute atomic E-state index is 16.0. The van der Waals surface area contributed by atoms with Crippen molar-refractivity contribution in [3.8, 4) is 0 Å². The van der Waals surface area contributed by atoms with Gasteiger partial charge in [-0.05, 0) is 58.4 Å². The van der Waals surface area contributed by atoms with Crippen LogP contribution in [0.3, 0.4) is 0 Å². The monoisotopic (exact) mass is 409 g/mol. The molecule has 0 amide bonds. The molecule has 1 saturated carbocycles. The van der Waals surface area contributed by atoms with Crippen LogP contribution in [0.1, 0.15) is 46.5 Å². The van der Waals surface area contributed by atoms with Gasteiger partial charge in [0.05, 0.1) is 12.3 Å². The molecule has 0 bridgehead atoms. The lowest BCUT2D eigenvalue weighted by Crippen LogP contribution is -2.69. The smallest absolute Gasteiger partial charge is 0.124 e. The van der Waals surface area contributed by atoms with Crippen LogP contribution in [0.25, 0.3) is 0 Å². The average Bonchev–Trinajstić information content (AvgIpc) is 2.91. The second-order valence-electron chi connectivity index (χ2n) is 9.79. The van der Waals surface area contributed by atoms with Gasteiger partial charge in [-0.15, -0.1) is 0 Å². The van der Waals surface area contributed by atoms with E-state index in [1.165, 1.54) is 5.57 Å². The van der Waals surface area contributed by atoms with Crippen molar-refractivity contribution in [3.05, 3.63) is 11.6 Å². The first-order valence-corrected chi connectivity index (χ1v) is 11.6. The summed E-state index contributed by atoms with van der Waals surface area (Å²) in [5.74, 6) is 0.767. The normalized spacial score (nSPS) is 48.7. The highest BCUT2D eigenvalue weighted by molar-refractivity contribution is 5.19. The fraction of sp³-hybridized carbons (Fsp3) is 0.909. The summed E-state index contributed by atoms with van der Waals surface area (Å²) in [6.07, 6.45) is 5.35. The molecular formula is C22H40FN5O. The first-order valence-electron chi connectivity index (χ1n) is 11.6. The van der Waals surface area contributed by atoms with E-state index in [1.807, 2.05) is 7.05 Å². The highest BCUT2D eigenvalue weighted by atomic mass is 19.1. The minimum atomic E-state index is -0.935. The Bertz CT molecular complexity index is 590. The molecule has 1 aliphatic carbocycles. The summed E-state index contributed by atoms with van der Waals surface area (Å²) in [6, 6.07) is 0.684. The van der Waals surface area contributed by atoms with Crippen LogP contribution in [0.15, 0.2) is 11.6 Å². The van der Waals surface area contributed by atoms with Gasteiger partial charge in [-0.25, -0.2) is 4.39 Å². The van der Waals surface area contributed by atoms with E-state index in [0.717, 1.165) is 38.8 Å². The lowest BCUT2D eigenvalue weighted by atomic mass is 9.68. The summed E-state index contributed by atoms with van der Waals surface area (Å²) >= 11 is 0. The number of ether oxygens (including phenoxy) is 1. The molecule has 2 saturated heterocycles. The van der Waals surface area contributed by atoms with E-state index >= 15 is 4.39 Å². The molecule has 166 valence electrons. The van der Waals surface area contributed by atoms with E-state index < -0.39 is 6.17 Å². The van der Waals surface area contributed by atoms with Crippen molar-refractivity contribution in [2.24, 2.45) is 17.8 Å². The molecule has 9 unspecified atom stereocenters. The second kappa shape index (κ2) is 9.28. The molecule has 5 N–H and O–H groups in total. The Morgan fingerprint density at radius 3 is 2.76 bits per heavy atom. The van der Waals surface area contributed by atoms with Crippen molar-refractivity contribution in [2.75, 3.05) is 20.2 Å². The van der Waals surface area contributed by atoms with Crippen LogP contribution in [0.2, 0.25) is 0 Å². The van der Waals surface area contributed by atoms with Crippen LogP contribution in [0, 0.1) is 17.8 Å². The molecule has 7 heteroatoms. The Labute approximate surface area is 175 Å².